The zero-order valence-corrected chi connectivity index (χ0v) is 9.68. The molecule has 3 nitrogen and oxygen atoms in total. The summed E-state index contributed by atoms with van der Waals surface area (Å²) in [7, 11) is 0. The van der Waals surface area contributed by atoms with Crippen LogP contribution < -0.4 is 4.90 Å². The smallest absolute Gasteiger partial charge is 0.335 e. The van der Waals surface area contributed by atoms with Gasteiger partial charge in [-0.3, -0.25) is 0 Å². The number of nitrogens with zero attached hydrogens (tertiary/aromatic N) is 1. The molecule has 1 aromatic carbocycles. The highest BCUT2D eigenvalue weighted by Crippen LogP contribution is 2.18. The minimum atomic E-state index is -0.899. The van der Waals surface area contributed by atoms with Crippen LogP contribution in [0.1, 0.15) is 24.2 Å². The Morgan fingerprint density at radius 3 is 2.75 bits per heavy atom. The van der Waals surface area contributed by atoms with Crippen molar-refractivity contribution in [2.24, 2.45) is 0 Å². The van der Waals surface area contributed by atoms with E-state index < -0.39 is 5.97 Å². The van der Waals surface area contributed by atoms with Crippen molar-refractivity contribution in [2.45, 2.75) is 19.9 Å². The first kappa shape index (κ1) is 12.3. The lowest BCUT2D eigenvalue weighted by Gasteiger charge is -2.27. The van der Waals surface area contributed by atoms with Crippen LogP contribution in [0.15, 0.2) is 36.9 Å². The maximum absolute atomic E-state index is 10.9. The highest BCUT2D eigenvalue weighted by atomic mass is 16.4. The molecule has 0 aliphatic heterocycles. The fourth-order valence-electron chi connectivity index (χ4n) is 1.57. The van der Waals surface area contributed by atoms with Gasteiger partial charge in [0.05, 0.1) is 5.56 Å². The monoisotopic (exact) mass is 219 g/mol. The van der Waals surface area contributed by atoms with E-state index in [-0.39, 0.29) is 0 Å². The predicted molar refractivity (Wildman–Crippen MR) is 66.1 cm³/mol. The lowest BCUT2D eigenvalue weighted by atomic mass is 10.1. The molecule has 0 saturated carbocycles. The van der Waals surface area contributed by atoms with Gasteiger partial charge in [-0.15, -0.1) is 6.58 Å². The van der Waals surface area contributed by atoms with E-state index in [9.17, 15) is 4.79 Å². The topological polar surface area (TPSA) is 40.5 Å². The molecule has 1 aromatic rings. The van der Waals surface area contributed by atoms with Crippen molar-refractivity contribution in [3.8, 4) is 0 Å². The van der Waals surface area contributed by atoms with E-state index in [1.807, 2.05) is 12.1 Å². The van der Waals surface area contributed by atoms with Gasteiger partial charge in [0.15, 0.2) is 0 Å². The molecule has 0 spiro atoms. The summed E-state index contributed by atoms with van der Waals surface area (Å²) in [5.41, 5.74) is 1.22. The Morgan fingerprint density at radius 1 is 1.56 bits per heavy atom. The molecule has 0 saturated heterocycles. The number of anilines is 1. The molecule has 0 unspecified atom stereocenters. The van der Waals surface area contributed by atoms with E-state index >= 15 is 0 Å². The Bertz CT molecular complexity index is 385. The predicted octanol–water partition coefficient (Wildman–Crippen LogP) is 2.79. The lowest BCUT2D eigenvalue weighted by Crippen LogP contribution is -2.30. The average molecular weight is 219 g/mol. The fraction of sp³-hybridized carbons (Fsp3) is 0.308. The number of aromatic carboxylic acids is 1. The zero-order valence-electron chi connectivity index (χ0n) is 9.68. The van der Waals surface area contributed by atoms with Crippen LogP contribution >= 0.6 is 0 Å². The van der Waals surface area contributed by atoms with Gasteiger partial charge in [0.25, 0.3) is 0 Å². The Hall–Kier alpha value is -1.77. The van der Waals surface area contributed by atoms with Gasteiger partial charge in [0.2, 0.25) is 0 Å². The van der Waals surface area contributed by atoms with Crippen LogP contribution in [0.2, 0.25) is 0 Å². The first-order chi connectivity index (χ1) is 7.56. The van der Waals surface area contributed by atoms with Gasteiger partial charge < -0.3 is 10.0 Å². The van der Waals surface area contributed by atoms with Crippen LogP contribution in [0.5, 0.6) is 0 Å². The van der Waals surface area contributed by atoms with Crippen molar-refractivity contribution in [3.05, 3.63) is 42.5 Å². The molecule has 16 heavy (non-hydrogen) atoms. The summed E-state index contributed by atoms with van der Waals surface area (Å²) in [4.78, 5) is 13.0. The van der Waals surface area contributed by atoms with Gasteiger partial charge in [-0.1, -0.05) is 12.1 Å². The van der Waals surface area contributed by atoms with Crippen LogP contribution in [-0.4, -0.2) is 23.7 Å². The third kappa shape index (κ3) is 2.86. The molecule has 0 heterocycles. The van der Waals surface area contributed by atoms with Gasteiger partial charge >= 0.3 is 5.97 Å². The fourth-order valence-corrected chi connectivity index (χ4v) is 1.57. The van der Waals surface area contributed by atoms with Crippen molar-refractivity contribution in [3.63, 3.8) is 0 Å². The Labute approximate surface area is 96.0 Å². The molecule has 86 valence electrons. The molecule has 0 bridgehead atoms. The summed E-state index contributed by atoms with van der Waals surface area (Å²) in [6.45, 7) is 8.55. The van der Waals surface area contributed by atoms with E-state index in [0.717, 1.165) is 5.69 Å². The highest BCUT2D eigenvalue weighted by molar-refractivity contribution is 5.88. The molecule has 0 amide bonds. The lowest BCUT2D eigenvalue weighted by molar-refractivity contribution is 0.0697. The third-order valence-corrected chi connectivity index (χ3v) is 2.37. The number of hydrogen-bond donors (Lipinski definition) is 1. The molecule has 0 aromatic heterocycles. The van der Waals surface area contributed by atoms with E-state index in [4.69, 9.17) is 5.11 Å². The van der Waals surface area contributed by atoms with Crippen LogP contribution in [0, 0.1) is 0 Å². The number of carbonyl (C=O) groups is 1. The third-order valence-electron chi connectivity index (χ3n) is 2.37. The number of hydrogen-bond acceptors (Lipinski definition) is 2. The Morgan fingerprint density at radius 2 is 2.25 bits per heavy atom. The van der Waals surface area contributed by atoms with Crippen molar-refractivity contribution in [1.82, 2.24) is 0 Å². The largest absolute Gasteiger partial charge is 0.478 e. The molecular formula is C13H17NO2. The summed E-state index contributed by atoms with van der Waals surface area (Å²) in [6.07, 6.45) is 1.81. The number of carboxylic acid groups (broad SMARTS) is 1. The van der Waals surface area contributed by atoms with Gasteiger partial charge in [0, 0.05) is 18.3 Å². The van der Waals surface area contributed by atoms with Gasteiger partial charge in [-0.25, -0.2) is 4.79 Å². The van der Waals surface area contributed by atoms with E-state index in [1.165, 1.54) is 0 Å². The van der Waals surface area contributed by atoms with Gasteiger partial charge in [0.1, 0.15) is 0 Å². The molecule has 0 aliphatic rings. The zero-order chi connectivity index (χ0) is 12.1. The van der Waals surface area contributed by atoms with Crippen LogP contribution in [-0.2, 0) is 0 Å². The van der Waals surface area contributed by atoms with Crippen molar-refractivity contribution in [2.75, 3.05) is 11.4 Å². The Balaban J connectivity index is 3.04. The maximum Gasteiger partial charge on any atom is 0.335 e. The number of carboxylic acids is 1. The quantitative estimate of drug-likeness (QED) is 0.774. The van der Waals surface area contributed by atoms with E-state index in [0.29, 0.717) is 18.2 Å². The van der Waals surface area contributed by atoms with Crippen LogP contribution in [0.3, 0.4) is 0 Å². The summed E-state index contributed by atoms with van der Waals surface area (Å²) < 4.78 is 0. The van der Waals surface area contributed by atoms with Crippen molar-refractivity contribution in [1.29, 1.82) is 0 Å². The summed E-state index contributed by atoms with van der Waals surface area (Å²) in [5, 5.41) is 8.92. The minimum Gasteiger partial charge on any atom is -0.478 e. The second kappa shape index (κ2) is 5.35. The minimum absolute atomic E-state index is 0.307. The van der Waals surface area contributed by atoms with Gasteiger partial charge in [-0.05, 0) is 32.0 Å². The van der Waals surface area contributed by atoms with Crippen LogP contribution in [0.25, 0.3) is 0 Å². The SMILES string of the molecule is C=CCN(c1cccc(C(=O)O)c1)C(C)C. The number of rotatable bonds is 5. The average Bonchev–Trinajstić information content (AvgIpc) is 2.25. The van der Waals surface area contributed by atoms with Crippen molar-refractivity contribution < 1.29 is 9.90 Å². The molecule has 0 radical (unpaired) electrons. The van der Waals surface area contributed by atoms with Gasteiger partial charge in [-0.2, -0.15) is 0 Å². The molecule has 0 fully saturated rings. The maximum atomic E-state index is 10.9. The molecular weight excluding hydrogens is 202 g/mol. The standard InChI is InChI=1S/C13H17NO2/c1-4-8-14(10(2)3)12-7-5-6-11(9-12)13(15)16/h4-7,9-10H,1,8H2,2-3H3,(H,15,16). The normalized spacial score (nSPS) is 10.2. The molecule has 1 rings (SSSR count). The second-order valence-corrected chi connectivity index (χ2v) is 3.89. The number of benzene rings is 1. The second-order valence-electron chi connectivity index (χ2n) is 3.89. The van der Waals surface area contributed by atoms with E-state index in [1.54, 1.807) is 18.2 Å². The van der Waals surface area contributed by atoms with Crippen molar-refractivity contribution >= 4 is 11.7 Å². The highest BCUT2D eigenvalue weighted by Gasteiger charge is 2.11. The molecule has 0 atom stereocenters. The summed E-state index contributed by atoms with van der Waals surface area (Å²) in [5.74, 6) is -0.899. The molecule has 1 N–H and O–H groups in total. The first-order valence-electron chi connectivity index (χ1n) is 5.27. The first-order valence-corrected chi connectivity index (χ1v) is 5.27. The summed E-state index contributed by atoms with van der Waals surface area (Å²) >= 11 is 0. The summed E-state index contributed by atoms with van der Waals surface area (Å²) in [6, 6.07) is 7.26. The van der Waals surface area contributed by atoms with Crippen LogP contribution in [0.4, 0.5) is 5.69 Å². The molecule has 3 heteroatoms. The Kier molecular flexibility index (Phi) is 4.11. The van der Waals surface area contributed by atoms with E-state index in [2.05, 4.69) is 25.3 Å². The molecule has 0 aliphatic carbocycles.